The molecule has 1 heterocycles. The Morgan fingerprint density at radius 3 is 2.59 bits per heavy atom. The van der Waals surface area contributed by atoms with Gasteiger partial charge in [0.05, 0.1) is 17.2 Å². The molecule has 0 spiro atoms. The number of ether oxygens (including phenoxy) is 1. The molecule has 17 heavy (non-hydrogen) atoms. The van der Waals surface area contributed by atoms with Gasteiger partial charge in [0.1, 0.15) is 11.7 Å². The zero-order valence-electron chi connectivity index (χ0n) is 8.91. The van der Waals surface area contributed by atoms with E-state index in [0.717, 1.165) is 0 Å². The van der Waals surface area contributed by atoms with Crippen LogP contribution in [-0.4, -0.2) is 28.4 Å². The number of aromatic carboxylic acids is 1. The first kappa shape index (κ1) is 12.6. The van der Waals surface area contributed by atoms with E-state index in [1.807, 2.05) is 0 Å². The van der Waals surface area contributed by atoms with Crippen LogP contribution in [0.3, 0.4) is 0 Å². The maximum Gasteiger partial charge on any atom is 0.337 e. The fraction of sp³-hybridized carbons (Fsp3) is 0.364. The van der Waals surface area contributed by atoms with Crippen LogP contribution in [-0.2, 0) is 4.74 Å². The molecular formula is C11H10Cl2O4. The standard InChI is InChI=1S/C11H10Cl2O4/c1-11(16)4-17-9(11)7-6(12)3-2-5(8(7)13)10(14)15/h2-3,9,16H,4H2,1H3,(H,14,15). The summed E-state index contributed by atoms with van der Waals surface area (Å²) in [5.74, 6) is -1.15. The molecule has 1 aliphatic heterocycles. The number of carbonyl (C=O) groups is 1. The van der Waals surface area contributed by atoms with Crippen LogP contribution in [0, 0.1) is 0 Å². The second kappa shape index (κ2) is 4.14. The molecule has 1 aliphatic rings. The number of carboxylic acid groups (broad SMARTS) is 1. The molecule has 0 saturated carbocycles. The van der Waals surface area contributed by atoms with Gasteiger partial charge in [-0.1, -0.05) is 23.2 Å². The SMILES string of the molecule is CC1(O)COC1c1c(Cl)ccc(C(=O)O)c1Cl. The summed E-state index contributed by atoms with van der Waals surface area (Å²) in [6, 6.07) is 2.76. The minimum Gasteiger partial charge on any atom is -0.478 e. The monoisotopic (exact) mass is 276 g/mol. The summed E-state index contributed by atoms with van der Waals surface area (Å²) in [5.41, 5.74) is -0.813. The molecule has 1 fully saturated rings. The van der Waals surface area contributed by atoms with Crippen LogP contribution in [0.25, 0.3) is 0 Å². The number of benzene rings is 1. The van der Waals surface area contributed by atoms with Crippen LogP contribution in [0.2, 0.25) is 10.0 Å². The minimum atomic E-state index is -1.15. The van der Waals surface area contributed by atoms with Gasteiger partial charge in [0.25, 0.3) is 0 Å². The van der Waals surface area contributed by atoms with Gasteiger partial charge in [-0.15, -0.1) is 0 Å². The topological polar surface area (TPSA) is 66.8 Å². The first-order valence-corrected chi connectivity index (χ1v) is 5.65. The van der Waals surface area contributed by atoms with E-state index >= 15 is 0 Å². The summed E-state index contributed by atoms with van der Waals surface area (Å²) in [5, 5.41) is 19.2. The van der Waals surface area contributed by atoms with Crippen molar-refractivity contribution < 1.29 is 19.7 Å². The number of hydrogen-bond donors (Lipinski definition) is 2. The molecule has 2 rings (SSSR count). The van der Waals surface area contributed by atoms with Crippen molar-refractivity contribution in [2.75, 3.05) is 6.61 Å². The zero-order valence-corrected chi connectivity index (χ0v) is 10.4. The number of carboxylic acids is 1. The molecule has 92 valence electrons. The Bertz CT molecular complexity index is 485. The van der Waals surface area contributed by atoms with Gasteiger partial charge in [-0.05, 0) is 19.1 Å². The highest BCUT2D eigenvalue weighted by molar-refractivity contribution is 6.38. The smallest absolute Gasteiger partial charge is 0.337 e. The second-order valence-corrected chi connectivity index (χ2v) is 4.96. The lowest BCUT2D eigenvalue weighted by atomic mass is 9.88. The summed E-state index contributed by atoms with van der Waals surface area (Å²) in [7, 11) is 0. The van der Waals surface area contributed by atoms with Crippen LogP contribution in [0.1, 0.15) is 28.9 Å². The van der Waals surface area contributed by atoms with Crippen molar-refractivity contribution in [3.8, 4) is 0 Å². The van der Waals surface area contributed by atoms with Crippen LogP contribution >= 0.6 is 23.2 Å². The Morgan fingerprint density at radius 2 is 2.18 bits per heavy atom. The van der Waals surface area contributed by atoms with E-state index in [-0.39, 0.29) is 22.2 Å². The molecule has 2 unspecified atom stereocenters. The Kier molecular flexibility index (Phi) is 3.08. The highest BCUT2D eigenvalue weighted by Gasteiger charge is 2.46. The predicted molar refractivity (Wildman–Crippen MR) is 62.7 cm³/mol. The lowest BCUT2D eigenvalue weighted by Gasteiger charge is -2.43. The van der Waals surface area contributed by atoms with Gasteiger partial charge >= 0.3 is 5.97 Å². The first-order chi connectivity index (χ1) is 7.84. The van der Waals surface area contributed by atoms with E-state index in [4.69, 9.17) is 33.0 Å². The average molecular weight is 277 g/mol. The third kappa shape index (κ3) is 2.02. The number of aliphatic hydroxyl groups is 1. The van der Waals surface area contributed by atoms with Crippen LogP contribution in [0.4, 0.5) is 0 Å². The third-order valence-electron chi connectivity index (χ3n) is 2.73. The molecule has 0 radical (unpaired) electrons. The van der Waals surface area contributed by atoms with Crippen molar-refractivity contribution in [2.45, 2.75) is 18.6 Å². The fourth-order valence-corrected chi connectivity index (χ4v) is 2.43. The largest absolute Gasteiger partial charge is 0.478 e. The van der Waals surface area contributed by atoms with Crippen LogP contribution in [0.15, 0.2) is 12.1 Å². The number of halogens is 2. The summed E-state index contributed by atoms with van der Waals surface area (Å²) in [4.78, 5) is 10.9. The van der Waals surface area contributed by atoms with Gasteiger partial charge in [-0.2, -0.15) is 0 Å². The van der Waals surface area contributed by atoms with Crippen LogP contribution < -0.4 is 0 Å². The molecule has 1 aromatic carbocycles. The highest BCUT2D eigenvalue weighted by Crippen LogP contribution is 2.45. The van der Waals surface area contributed by atoms with Crippen molar-refractivity contribution in [2.24, 2.45) is 0 Å². The van der Waals surface area contributed by atoms with E-state index in [1.165, 1.54) is 12.1 Å². The van der Waals surface area contributed by atoms with Gasteiger partial charge in [-0.3, -0.25) is 0 Å². The van der Waals surface area contributed by atoms with Gasteiger partial charge in [-0.25, -0.2) is 4.79 Å². The maximum atomic E-state index is 10.9. The fourth-order valence-electron chi connectivity index (χ4n) is 1.78. The third-order valence-corrected chi connectivity index (χ3v) is 3.46. The van der Waals surface area contributed by atoms with Crippen molar-refractivity contribution in [1.29, 1.82) is 0 Å². The van der Waals surface area contributed by atoms with Gasteiger partial charge < -0.3 is 14.9 Å². The maximum absolute atomic E-state index is 10.9. The number of hydrogen-bond acceptors (Lipinski definition) is 3. The lowest BCUT2D eigenvalue weighted by molar-refractivity contribution is -0.231. The summed E-state index contributed by atoms with van der Waals surface area (Å²) >= 11 is 12.0. The molecule has 1 saturated heterocycles. The Morgan fingerprint density at radius 1 is 1.53 bits per heavy atom. The average Bonchev–Trinajstić information content (AvgIpc) is 2.22. The molecule has 0 aromatic heterocycles. The van der Waals surface area contributed by atoms with Gasteiger partial charge in [0.15, 0.2) is 0 Å². The van der Waals surface area contributed by atoms with Crippen molar-refractivity contribution in [1.82, 2.24) is 0 Å². The number of rotatable bonds is 2. The molecule has 2 atom stereocenters. The molecule has 1 aromatic rings. The molecule has 0 amide bonds. The highest BCUT2D eigenvalue weighted by atomic mass is 35.5. The van der Waals surface area contributed by atoms with Crippen molar-refractivity contribution >= 4 is 29.2 Å². The Hall–Kier alpha value is -0.810. The normalized spacial score (nSPS) is 27.6. The molecular weight excluding hydrogens is 267 g/mol. The van der Waals surface area contributed by atoms with Crippen LogP contribution in [0.5, 0.6) is 0 Å². The molecule has 6 heteroatoms. The molecule has 0 aliphatic carbocycles. The Balaban J connectivity index is 2.53. The van der Waals surface area contributed by atoms with Crippen molar-refractivity contribution in [3.05, 3.63) is 33.3 Å². The van der Waals surface area contributed by atoms with Gasteiger partial charge in [0.2, 0.25) is 0 Å². The van der Waals surface area contributed by atoms with E-state index in [1.54, 1.807) is 6.92 Å². The lowest BCUT2D eigenvalue weighted by Crippen LogP contribution is -2.49. The molecule has 4 nitrogen and oxygen atoms in total. The van der Waals surface area contributed by atoms with Gasteiger partial charge in [0, 0.05) is 10.6 Å². The minimum absolute atomic E-state index is 0.00924. The first-order valence-electron chi connectivity index (χ1n) is 4.90. The van der Waals surface area contributed by atoms with Crippen molar-refractivity contribution in [3.63, 3.8) is 0 Å². The molecule has 0 bridgehead atoms. The summed E-state index contributed by atoms with van der Waals surface area (Å²) in [6.07, 6.45) is -0.693. The Labute approximate surface area is 108 Å². The summed E-state index contributed by atoms with van der Waals surface area (Å²) < 4.78 is 5.22. The van der Waals surface area contributed by atoms with E-state index in [2.05, 4.69) is 0 Å². The quantitative estimate of drug-likeness (QED) is 0.871. The predicted octanol–water partition coefficient (Wildman–Crippen LogP) is 2.51. The summed E-state index contributed by atoms with van der Waals surface area (Å²) in [6.45, 7) is 1.75. The second-order valence-electron chi connectivity index (χ2n) is 4.18. The zero-order chi connectivity index (χ0) is 12.8. The van der Waals surface area contributed by atoms with E-state index < -0.39 is 17.7 Å². The van der Waals surface area contributed by atoms with E-state index in [9.17, 15) is 9.90 Å². The van der Waals surface area contributed by atoms with E-state index in [0.29, 0.717) is 5.56 Å². The molecule has 2 N–H and O–H groups in total.